The fraction of sp³-hybridized carbons (Fsp3) is 0.750. The highest BCUT2D eigenvalue weighted by molar-refractivity contribution is 7.17. The fourth-order valence-electron chi connectivity index (χ4n) is 8.01. The van der Waals surface area contributed by atoms with Crippen LogP contribution in [0, 0.1) is 22.2 Å². The van der Waals surface area contributed by atoms with E-state index in [9.17, 15) is 9.59 Å². The first-order valence-electron chi connectivity index (χ1n) is 11.4. The van der Waals surface area contributed by atoms with Gasteiger partial charge >= 0.3 is 5.97 Å². The number of rotatable bonds is 4. The van der Waals surface area contributed by atoms with Gasteiger partial charge in [0.05, 0.1) is 17.6 Å². The van der Waals surface area contributed by atoms with Gasteiger partial charge in [-0.25, -0.2) is 4.79 Å². The van der Waals surface area contributed by atoms with Crippen molar-refractivity contribution in [3.05, 3.63) is 16.0 Å². The molecule has 4 fully saturated rings. The zero-order valence-electron chi connectivity index (χ0n) is 18.0. The second-order valence-corrected chi connectivity index (χ2v) is 12.1. The summed E-state index contributed by atoms with van der Waals surface area (Å²) in [6, 6.07) is 0. The first-order valence-corrected chi connectivity index (χ1v) is 12.2. The Balaban J connectivity index is 1.47. The van der Waals surface area contributed by atoms with Gasteiger partial charge in [0.15, 0.2) is 0 Å². The van der Waals surface area contributed by atoms with Gasteiger partial charge in [-0.3, -0.25) is 4.79 Å². The van der Waals surface area contributed by atoms with Crippen LogP contribution in [0.3, 0.4) is 0 Å². The van der Waals surface area contributed by atoms with Gasteiger partial charge in [0.1, 0.15) is 5.00 Å². The largest absolute Gasteiger partial charge is 0.462 e. The van der Waals surface area contributed by atoms with E-state index in [2.05, 4.69) is 19.2 Å². The molecule has 0 spiro atoms. The van der Waals surface area contributed by atoms with E-state index in [1.54, 1.807) is 11.3 Å². The standard InChI is InChI=1S/C24H33NO3S/c1-4-28-20(26)18-16-7-5-6-8-17(16)29-19(18)25-21(27)24-11-15-9-22(2,13-24)12-23(3,10-15)14-24/h15H,4-14H2,1-3H3,(H,25,27)/t15?,22-,23+,24?. The van der Waals surface area contributed by atoms with E-state index >= 15 is 0 Å². The van der Waals surface area contributed by atoms with Gasteiger partial charge in [-0.2, -0.15) is 0 Å². The van der Waals surface area contributed by atoms with Crippen molar-refractivity contribution in [2.75, 3.05) is 11.9 Å². The molecule has 4 nitrogen and oxygen atoms in total. The number of hydrogen-bond donors (Lipinski definition) is 1. The normalized spacial score (nSPS) is 37.3. The average molecular weight is 416 g/mol. The molecular weight excluding hydrogens is 382 g/mol. The number of fused-ring (bicyclic) bond motifs is 1. The average Bonchev–Trinajstić information content (AvgIpc) is 2.96. The highest BCUT2D eigenvalue weighted by Gasteiger charge is 2.62. The van der Waals surface area contributed by atoms with Crippen LogP contribution >= 0.6 is 11.3 Å². The highest BCUT2D eigenvalue weighted by Crippen LogP contribution is 2.69. The van der Waals surface area contributed by atoms with Crippen LogP contribution in [0.2, 0.25) is 0 Å². The van der Waals surface area contributed by atoms with Crippen molar-refractivity contribution in [1.82, 2.24) is 0 Å². The number of esters is 1. The number of carbonyl (C=O) groups excluding carboxylic acids is 2. The molecule has 29 heavy (non-hydrogen) atoms. The minimum Gasteiger partial charge on any atom is -0.462 e. The summed E-state index contributed by atoms with van der Waals surface area (Å²) in [7, 11) is 0. The number of nitrogens with one attached hydrogen (secondary N) is 1. The van der Waals surface area contributed by atoms with Crippen LogP contribution in [0.15, 0.2) is 0 Å². The molecule has 1 aromatic rings. The molecule has 0 saturated heterocycles. The molecule has 1 heterocycles. The maximum absolute atomic E-state index is 13.7. The smallest absolute Gasteiger partial charge is 0.341 e. The lowest BCUT2D eigenvalue weighted by Crippen LogP contribution is -2.58. The third-order valence-electron chi connectivity index (χ3n) is 7.99. The zero-order valence-corrected chi connectivity index (χ0v) is 18.8. The molecule has 1 amide bonds. The zero-order chi connectivity index (χ0) is 20.4. The van der Waals surface area contributed by atoms with E-state index in [1.807, 2.05) is 6.92 Å². The maximum Gasteiger partial charge on any atom is 0.341 e. The number of carbonyl (C=O) groups is 2. The minimum absolute atomic E-state index is 0.156. The molecule has 0 aliphatic heterocycles. The monoisotopic (exact) mass is 415 g/mol. The molecule has 4 atom stereocenters. The minimum atomic E-state index is -0.272. The molecule has 2 unspecified atom stereocenters. The van der Waals surface area contributed by atoms with Gasteiger partial charge in [0, 0.05) is 4.88 Å². The summed E-state index contributed by atoms with van der Waals surface area (Å²) in [6.07, 6.45) is 11.0. The lowest BCUT2D eigenvalue weighted by atomic mass is 9.40. The van der Waals surface area contributed by atoms with Gasteiger partial charge in [-0.15, -0.1) is 11.3 Å². The Morgan fingerprint density at radius 1 is 1.07 bits per heavy atom. The maximum atomic E-state index is 13.7. The van der Waals surface area contributed by atoms with E-state index in [0.717, 1.165) is 55.5 Å². The van der Waals surface area contributed by atoms with Crippen LogP contribution in [0.1, 0.15) is 92.9 Å². The summed E-state index contributed by atoms with van der Waals surface area (Å²) in [5.74, 6) is 0.558. The molecule has 5 aliphatic rings. The van der Waals surface area contributed by atoms with E-state index < -0.39 is 0 Å². The molecule has 0 aromatic carbocycles. The Hall–Kier alpha value is -1.36. The molecule has 6 rings (SSSR count). The summed E-state index contributed by atoms with van der Waals surface area (Å²) in [5, 5.41) is 4.02. The van der Waals surface area contributed by atoms with Crippen LogP contribution in [0.4, 0.5) is 5.00 Å². The van der Waals surface area contributed by atoms with Crippen molar-refractivity contribution in [2.24, 2.45) is 22.2 Å². The Labute approximate surface area is 177 Å². The van der Waals surface area contributed by atoms with Gasteiger partial charge < -0.3 is 10.1 Å². The van der Waals surface area contributed by atoms with E-state index in [4.69, 9.17) is 4.74 Å². The predicted octanol–water partition coefficient (Wildman–Crippen LogP) is 5.74. The molecule has 5 heteroatoms. The highest BCUT2D eigenvalue weighted by atomic mass is 32.1. The van der Waals surface area contributed by atoms with Crippen LogP contribution < -0.4 is 5.32 Å². The van der Waals surface area contributed by atoms with Gasteiger partial charge in [-0.1, -0.05) is 13.8 Å². The molecule has 5 aliphatic carbocycles. The topological polar surface area (TPSA) is 55.4 Å². The first kappa shape index (κ1) is 19.6. The number of anilines is 1. The van der Waals surface area contributed by atoms with Crippen LogP contribution in [0.25, 0.3) is 0 Å². The molecule has 0 radical (unpaired) electrons. The SMILES string of the molecule is CCOC(=O)c1c(NC(=O)C23CC4C[C@@](C)(C2)C[C@](C)(C4)C3)sc2c1CCCC2. The van der Waals surface area contributed by atoms with Gasteiger partial charge in [0.25, 0.3) is 0 Å². The summed E-state index contributed by atoms with van der Waals surface area (Å²) < 4.78 is 5.37. The number of hydrogen-bond acceptors (Lipinski definition) is 4. The molecule has 4 bridgehead atoms. The second-order valence-electron chi connectivity index (χ2n) is 11.0. The van der Waals surface area contributed by atoms with E-state index in [0.29, 0.717) is 28.9 Å². The van der Waals surface area contributed by atoms with Crippen LogP contribution in [0.5, 0.6) is 0 Å². The summed E-state index contributed by atoms with van der Waals surface area (Å²) in [4.78, 5) is 27.8. The third-order valence-corrected chi connectivity index (χ3v) is 9.19. The summed E-state index contributed by atoms with van der Waals surface area (Å²) >= 11 is 1.61. The van der Waals surface area contributed by atoms with Crippen LogP contribution in [-0.2, 0) is 22.4 Å². The predicted molar refractivity (Wildman–Crippen MR) is 115 cm³/mol. The quantitative estimate of drug-likeness (QED) is 0.638. The molecular formula is C24H33NO3S. The number of aryl methyl sites for hydroxylation is 1. The van der Waals surface area contributed by atoms with Crippen molar-refractivity contribution in [1.29, 1.82) is 0 Å². The first-order chi connectivity index (χ1) is 13.7. The Morgan fingerprint density at radius 2 is 1.76 bits per heavy atom. The molecule has 1 aromatic heterocycles. The third kappa shape index (κ3) is 3.15. The molecule has 1 N–H and O–H groups in total. The van der Waals surface area contributed by atoms with E-state index in [1.165, 1.54) is 24.1 Å². The lowest BCUT2D eigenvalue weighted by Gasteiger charge is -2.64. The van der Waals surface area contributed by atoms with Crippen molar-refractivity contribution >= 4 is 28.2 Å². The van der Waals surface area contributed by atoms with E-state index in [-0.39, 0.29) is 17.3 Å². The number of amides is 1. The number of thiophene rings is 1. The Bertz CT molecular complexity index is 854. The Morgan fingerprint density at radius 3 is 2.41 bits per heavy atom. The van der Waals surface area contributed by atoms with Crippen LogP contribution in [-0.4, -0.2) is 18.5 Å². The van der Waals surface area contributed by atoms with Crippen molar-refractivity contribution in [2.45, 2.75) is 85.0 Å². The Kier molecular flexibility index (Phi) is 4.44. The van der Waals surface area contributed by atoms with Crippen molar-refractivity contribution in [3.63, 3.8) is 0 Å². The number of ether oxygens (including phenoxy) is 1. The van der Waals surface area contributed by atoms with Crippen molar-refractivity contribution in [3.8, 4) is 0 Å². The second kappa shape index (κ2) is 6.57. The van der Waals surface area contributed by atoms with Gasteiger partial charge in [0.2, 0.25) is 5.91 Å². The fourth-order valence-corrected chi connectivity index (χ4v) is 9.28. The summed E-state index contributed by atoms with van der Waals surface area (Å²) in [6.45, 7) is 6.99. The van der Waals surface area contributed by atoms with Crippen molar-refractivity contribution < 1.29 is 14.3 Å². The van der Waals surface area contributed by atoms with Gasteiger partial charge in [-0.05, 0) is 93.4 Å². The molecule has 158 valence electrons. The summed E-state index contributed by atoms with van der Waals surface area (Å²) in [5.41, 5.74) is 2.09. The lowest BCUT2D eigenvalue weighted by molar-refractivity contribution is -0.165. The molecule has 4 saturated carbocycles.